The Labute approximate surface area is 328 Å². The Morgan fingerprint density at radius 3 is 1.98 bits per heavy atom. The van der Waals surface area contributed by atoms with E-state index in [2.05, 4.69) is 0 Å². The number of alkyl halides is 1. The van der Waals surface area contributed by atoms with Crippen LogP contribution in [0.4, 0.5) is 4.39 Å². The van der Waals surface area contributed by atoms with Crippen LogP contribution >= 0.6 is 0 Å². The van der Waals surface area contributed by atoms with Crippen LogP contribution in [0.3, 0.4) is 0 Å². The standard InChI is InChI=1S/C39H49FO17/c1-22(41)50-21-30(52-23(2)42)32(53-24(3)43)34-31(40)28(45)17-39(56-34,38(46)48-6)57-35-33(54-25(4)44)29(20-49-18-26-13-9-7-10-14-26)55-37(47-5)36(35)51-19-27-15-11-8-12-16-27/h7-16,28-37,45H,17-21H2,1-6H3/t28-,29-,30+,31+,32+,33+,34+,35+,36-,37+,39+/m0/s1. The van der Waals surface area contributed by atoms with Crippen LogP contribution in [-0.4, -0.2) is 129 Å². The fourth-order valence-corrected chi connectivity index (χ4v) is 6.45. The summed E-state index contributed by atoms with van der Waals surface area (Å²) in [7, 11) is 2.29. The fraction of sp³-hybridized carbons (Fsp3) is 0.564. The number of esters is 5. The van der Waals surface area contributed by atoms with Crippen molar-refractivity contribution in [3.63, 3.8) is 0 Å². The molecule has 2 aliphatic heterocycles. The van der Waals surface area contributed by atoms with E-state index < -0.39 is 110 Å². The van der Waals surface area contributed by atoms with Crippen LogP contribution in [0.1, 0.15) is 45.2 Å². The highest BCUT2D eigenvalue weighted by Gasteiger charge is 2.62. The van der Waals surface area contributed by atoms with Gasteiger partial charge in [-0.15, -0.1) is 0 Å². The lowest BCUT2D eigenvalue weighted by atomic mass is 9.90. The highest BCUT2D eigenvalue weighted by molar-refractivity contribution is 5.78. The lowest BCUT2D eigenvalue weighted by Crippen LogP contribution is -2.69. The number of ether oxygens (including phenoxy) is 11. The normalized spacial score (nSPS) is 28.3. The number of methoxy groups -OCH3 is 2. The van der Waals surface area contributed by atoms with Gasteiger partial charge in [-0.1, -0.05) is 60.7 Å². The summed E-state index contributed by atoms with van der Waals surface area (Å²) in [6.07, 6.45) is -18.0. The van der Waals surface area contributed by atoms with E-state index in [1.165, 1.54) is 7.11 Å². The van der Waals surface area contributed by atoms with Crippen LogP contribution < -0.4 is 0 Å². The third-order valence-electron chi connectivity index (χ3n) is 8.87. The predicted molar refractivity (Wildman–Crippen MR) is 190 cm³/mol. The molecule has 2 aromatic carbocycles. The largest absolute Gasteiger partial charge is 0.465 e. The van der Waals surface area contributed by atoms with Crippen LogP contribution in [0.5, 0.6) is 0 Å². The molecular formula is C39H49FO17. The number of rotatable bonds is 18. The Balaban J connectivity index is 1.81. The molecule has 2 aromatic rings. The topological polar surface area (TPSA) is 207 Å². The minimum atomic E-state index is -2.77. The van der Waals surface area contributed by atoms with Gasteiger partial charge >= 0.3 is 29.8 Å². The Kier molecular flexibility index (Phi) is 16.8. The average molecular weight is 809 g/mol. The van der Waals surface area contributed by atoms with Crippen molar-refractivity contribution in [2.45, 2.75) is 114 Å². The zero-order valence-electron chi connectivity index (χ0n) is 32.4. The summed E-state index contributed by atoms with van der Waals surface area (Å²) < 4.78 is 79.6. The summed E-state index contributed by atoms with van der Waals surface area (Å²) in [6, 6.07) is 18.1. The number of aliphatic hydroxyl groups excluding tert-OH is 1. The van der Waals surface area contributed by atoms with Gasteiger partial charge in [0.15, 0.2) is 30.8 Å². The summed E-state index contributed by atoms with van der Waals surface area (Å²) in [5.74, 6) is -7.66. The molecular weight excluding hydrogens is 759 g/mol. The molecule has 0 radical (unpaired) electrons. The third-order valence-corrected chi connectivity index (χ3v) is 8.87. The molecule has 2 fully saturated rings. The minimum absolute atomic E-state index is 0.0742. The van der Waals surface area contributed by atoms with Gasteiger partial charge in [0.05, 0.1) is 33.0 Å². The Morgan fingerprint density at radius 2 is 1.44 bits per heavy atom. The molecule has 57 heavy (non-hydrogen) atoms. The smallest absolute Gasteiger partial charge is 0.366 e. The van der Waals surface area contributed by atoms with Gasteiger partial charge in [-0.25, -0.2) is 9.18 Å². The van der Waals surface area contributed by atoms with Crippen LogP contribution in [0.25, 0.3) is 0 Å². The average Bonchev–Trinajstić information content (AvgIpc) is 3.17. The second-order valence-corrected chi connectivity index (χ2v) is 13.3. The number of benzene rings is 2. The lowest BCUT2D eigenvalue weighted by Gasteiger charge is -2.50. The van der Waals surface area contributed by atoms with Crippen LogP contribution in [0, 0.1) is 0 Å². The zero-order valence-corrected chi connectivity index (χ0v) is 32.4. The minimum Gasteiger partial charge on any atom is -0.465 e. The number of halogens is 1. The Bertz CT molecular complexity index is 1630. The maximum absolute atomic E-state index is 16.2. The van der Waals surface area contributed by atoms with E-state index in [9.17, 15) is 29.1 Å². The van der Waals surface area contributed by atoms with Gasteiger partial charge in [0, 0.05) is 41.2 Å². The molecule has 0 bridgehead atoms. The number of hydrogen-bond acceptors (Lipinski definition) is 17. The van der Waals surface area contributed by atoms with E-state index in [0.717, 1.165) is 40.4 Å². The first-order chi connectivity index (χ1) is 27.2. The highest BCUT2D eigenvalue weighted by atomic mass is 19.1. The maximum atomic E-state index is 16.2. The third kappa shape index (κ3) is 12.5. The molecule has 0 spiro atoms. The van der Waals surface area contributed by atoms with Crippen molar-refractivity contribution in [1.29, 1.82) is 0 Å². The number of carbonyl (C=O) groups excluding carboxylic acids is 5. The van der Waals surface area contributed by atoms with Gasteiger partial charge in [-0.05, 0) is 11.1 Å². The van der Waals surface area contributed by atoms with Crippen molar-refractivity contribution < 1.29 is 85.6 Å². The summed E-state index contributed by atoms with van der Waals surface area (Å²) in [5.41, 5.74) is 1.52. The molecule has 2 aliphatic rings. The van der Waals surface area contributed by atoms with E-state index in [4.69, 9.17) is 52.1 Å². The van der Waals surface area contributed by atoms with E-state index >= 15 is 4.39 Å². The van der Waals surface area contributed by atoms with Crippen LogP contribution in [-0.2, 0) is 89.3 Å². The number of carbonyl (C=O) groups is 5. The van der Waals surface area contributed by atoms with E-state index in [1.807, 2.05) is 30.3 Å². The molecule has 2 heterocycles. The molecule has 0 saturated carbocycles. The first-order valence-corrected chi connectivity index (χ1v) is 18.0. The molecule has 314 valence electrons. The fourth-order valence-electron chi connectivity index (χ4n) is 6.45. The van der Waals surface area contributed by atoms with Gasteiger partial charge in [0.2, 0.25) is 0 Å². The summed E-state index contributed by atoms with van der Waals surface area (Å²) in [6.45, 7) is 3.24. The van der Waals surface area contributed by atoms with Gasteiger partial charge < -0.3 is 57.2 Å². The molecule has 0 aromatic heterocycles. The highest BCUT2D eigenvalue weighted by Crippen LogP contribution is 2.41. The Hall–Kier alpha value is -4.56. The van der Waals surface area contributed by atoms with Crippen molar-refractivity contribution >= 4 is 29.8 Å². The molecule has 0 unspecified atom stereocenters. The summed E-state index contributed by atoms with van der Waals surface area (Å²) >= 11 is 0. The second kappa shape index (κ2) is 21.3. The van der Waals surface area contributed by atoms with Gasteiger partial charge in [0.1, 0.15) is 31.0 Å². The second-order valence-electron chi connectivity index (χ2n) is 13.3. The molecule has 4 rings (SSSR count). The van der Waals surface area contributed by atoms with E-state index in [-0.39, 0.29) is 19.8 Å². The molecule has 17 nitrogen and oxygen atoms in total. The zero-order chi connectivity index (χ0) is 41.7. The van der Waals surface area contributed by atoms with E-state index in [0.29, 0.717) is 5.56 Å². The first kappa shape index (κ1) is 45.1. The van der Waals surface area contributed by atoms with Crippen molar-refractivity contribution in [2.24, 2.45) is 0 Å². The summed E-state index contributed by atoms with van der Waals surface area (Å²) in [5, 5.41) is 11.3. The van der Waals surface area contributed by atoms with Gasteiger partial charge in [-0.2, -0.15) is 0 Å². The predicted octanol–water partition coefficient (Wildman–Crippen LogP) is 2.26. The van der Waals surface area contributed by atoms with Gasteiger partial charge in [-0.3, -0.25) is 19.2 Å². The SMILES string of the molecule is COC(=O)[C@]1(O[C@H]2[C@H](OCc3ccccc3)[C@H](OC)O[C@@H](COCc3ccccc3)[C@H]2OC(C)=O)C[C@H](O)[C@@H](F)[C@H]([C@H](OC(C)=O)[C@@H](COC(C)=O)OC(C)=O)O1. The van der Waals surface area contributed by atoms with Gasteiger partial charge in [0.25, 0.3) is 5.79 Å². The Morgan fingerprint density at radius 1 is 0.825 bits per heavy atom. The van der Waals surface area contributed by atoms with Crippen molar-refractivity contribution in [1.82, 2.24) is 0 Å². The van der Waals surface area contributed by atoms with Crippen molar-refractivity contribution in [3.05, 3.63) is 71.8 Å². The molecule has 18 heteroatoms. The first-order valence-electron chi connectivity index (χ1n) is 18.0. The van der Waals surface area contributed by atoms with Crippen LogP contribution in [0.2, 0.25) is 0 Å². The maximum Gasteiger partial charge on any atom is 0.366 e. The van der Waals surface area contributed by atoms with Crippen molar-refractivity contribution in [3.8, 4) is 0 Å². The quantitative estimate of drug-likeness (QED) is 0.169. The molecule has 0 aliphatic carbocycles. The lowest BCUT2D eigenvalue weighted by molar-refractivity contribution is -0.377. The molecule has 2 saturated heterocycles. The monoisotopic (exact) mass is 808 g/mol. The number of hydrogen-bond donors (Lipinski definition) is 1. The van der Waals surface area contributed by atoms with Crippen molar-refractivity contribution in [2.75, 3.05) is 27.4 Å². The molecule has 1 N–H and O–H groups in total. The molecule has 0 amide bonds. The summed E-state index contributed by atoms with van der Waals surface area (Å²) in [4.78, 5) is 63.0. The molecule has 11 atom stereocenters. The number of aliphatic hydroxyl groups is 1. The van der Waals surface area contributed by atoms with E-state index in [1.54, 1.807) is 30.3 Å². The van der Waals surface area contributed by atoms with Crippen LogP contribution in [0.15, 0.2) is 60.7 Å².